The highest BCUT2D eigenvalue weighted by Crippen LogP contribution is 2.26. The third-order valence-corrected chi connectivity index (χ3v) is 4.86. The molecule has 0 fully saturated rings. The summed E-state index contributed by atoms with van der Waals surface area (Å²) in [6, 6.07) is 13.5. The number of H-pyrrole nitrogens is 1. The fraction of sp³-hybridized carbons (Fsp3) is 0.118. The van der Waals surface area contributed by atoms with Crippen molar-refractivity contribution >= 4 is 33.5 Å². The summed E-state index contributed by atoms with van der Waals surface area (Å²) in [5.41, 5.74) is 0.979. The summed E-state index contributed by atoms with van der Waals surface area (Å²) in [7, 11) is 0. The van der Waals surface area contributed by atoms with Crippen LogP contribution in [0.15, 0.2) is 58.2 Å². The number of rotatable bonds is 5. The summed E-state index contributed by atoms with van der Waals surface area (Å²) in [6.45, 7) is 1.80. The van der Waals surface area contributed by atoms with Crippen LogP contribution in [0.1, 0.15) is 17.3 Å². The SMILES string of the molecule is C[C@@H](Sc1n[nH]c(-c2ccccc2F)n1)C(=O)c1ccc(Br)cc1. The number of aromatic amines is 1. The highest BCUT2D eigenvalue weighted by atomic mass is 79.9. The maximum Gasteiger partial charge on any atom is 0.209 e. The molecule has 1 aromatic heterocycles. The minimum atomic E-state index is -0.371. The molecule has 7 heteroatoms. The lowest BCUT2D eigenvalue weighted by atomic mass is 10.1. The maximum atomic E-state index is 13.8. The zero-order valence-electron chi connectivity index (χ0n) is 12.7. The van der Waals surface area contributed by atoms with E-state index in [1.54, 1.807) is 37.3 Å². The van der Waals surface area contributed by atoms with Gasteiger partial charge < -0.3 is 0 Å². The highest BCUT2D eigenvalue weighted by molar-refractivity contribution is 9.10. The second-order valence-corrected chi connectivity index (χ2v) is 7.30. The van der Waals surface area contributed by atoms with Crippen molar-refractivity contribution in [2.45, 2.75) is 17.3 Å². The van der Waals surface area contributed by atoms with E-state index in [4.69, 9.17) is 0 Å². The second-order valence-electron chi connectivity index (χ2n) is 5.08. The van der Waals surface area contributed by atoms with E-state index in [0.717, 1.165) is 4.47 Å². The van der Waals surface area contributed by atoms with Crippen molar-refractivity contribution in [3.8, 4) is 11.4 Å². The zero-order chi connectivity index (χ0) is 17.1. The van der Waals surface area contributed by atoms with E-state index in [1.807, 2.05) is 12.1 Å². The van der Waals surface area contributed by atoms with Gasteiger partial charge in [-0.05, 0) is 31.2 Å². The van der Waals surface area contributed by atoms with Gasteiger partial charge in [0.05, 0.1) is 10.8 Å². The molecule has 0 bridgehead atoms. The van der Waals surface area contributed by atoms with Crippen LogP contribution in [0.4, 0.5) is 4.39 Å². The van der Waals surface area contributed by atoms with Gasteiger partial charge in [0.15, 0.2) is 11.6 Å². The van der Waals surface area contributed by atoms with Crippen molar-refractivity contribution in [2.75, 3.05) is 0 Å². The topological polar surface area (TPSA) is 58.6 Å². The van der Waals surface area contributed by atoms with Crippen LogP contribution in [0.5, 0.6) is 0 Å². The van der Waals surface area contributed by atoms with Crippen molar-refractivity contribution in [2.24, 2.45) is 0 Å². The fourth-order valence-electron chi connectivity index (χ4n) is 2.13. The predicted octanol–water partition coefficient (Wildman–Crippen LogP) is 4.74. The van der Waals surface area contributed by atoms with Crippen molar-refractivity contribution in [1.82, 2.24) is 15.2 Å². The molecule has 122 valence electrons. The molecule has 0 aliphatic carbocycles. The molecule has 0 saturated carbocycles. The molecule has 2 aromatic carbocycles. The van der Waals surface area contributed by atoms with Crippen LogP contribution in [-0.2, 0) is 0 Å². The predicted molar refractivity (Wildman–Crippen MR) is 95.6 cm³/mol. The molecule has 0 saturated heterocycles. The minimum Gasteiger partial charge on any atom is -0.293 e. The third-order valence-electron chi connectivity index (χ3n) is 3.37. The van der Waals surface area contributed by atoms with Gasteiger partial charge in [-0.2, -0.15) is 0 Å². The first kappa shape index (κ1) is 16.9. The van der Waals surface area contributed by atoms with Crippen LogP contribution < -0.4 is 0 Å². The standard InChI is InChI=1S/C17H13BrFN3OS/c1-10(15(23)11-6-8-12(18)9-7-11)24-17-20-16(21-22-17)13-4-2-3-5-14(13)19/h2-10H,1H3,(H,20,21,22)/t10-/m1/s1. The van der Waals surface area contributed by atoms with Gasteiger partial charge in [-0.15, -0.1) is 5.10 Å². The number of hydrogen-bond acceptors (Lipinski definition) is 4. The van der Waals surface area contributed by atoms with Gasteiger partial charge in [-0.3, -0.25) is 9.89 Å². The third kappa shape index (κ3) is 3.73. The molecule has 4 nitrogen and oxygen atoms in total. The van der Waals surface area contributed by atoms with Crippen LogP contribution in [0.2, 0.25) is 0 Å². The monoisotopic (exact) mass is 405 g/mol. The van der Waals surface area contributed by atoms with E-state index in [2.05, 4.69) is 31.1 Å². The minimum absolute atomic E-state index is 0.00950. The Bertz CT molecular complexity index is 866. The second kappa shape index (κ2) is 7.27. The largest absolute Gasteiger partial charge is 0.293 e. The Hall–Kier alpha value is -1.99. The molecule has 0 aliphatic heterocycles. The van der Waals surface area contributed by atoms with Gasteiger partial charge in [0.2, 0.25) is 5.16 Å². The molecular weight excluding hydrogens is 393 g/mol. The van der Waals surface area contributed by atoms with Crippen molar-refractivity contribution in [3.63, 3.8) is 0 Å². The average molecular weight is 406 g/mol. The number of nitrogens with one attached hydrogen (secondary N) is 1. The van der Waals surface area contributed by atoms with Crippen LogP contribution in [-0.4, -0.2) is 26.2 Å². The van der Waals surface area contributed by atoms with E-state index >= 15 is 0 Å². The quantitative estimate of drug-likeness (QED) is 0.491. The molecule has 3 rings (SSSR count). The van der Waals surface area contributed by atoms with E-state index in [-0.39, 0.29) is 16.9 Å². The summed E-state index contributed by atoms with van der Waals surface area (Å²) in [5.74, 6) is -0.0344. The number of aromatic nitrogens is 3. The Morgan fingerprint density at radius 2 is 1.92 bits per heavy atom. The van der Waals surface area contributed by atoms with Gasteiger partial charge in [0.1, 0.15) is 5.82 Å². The Morgan fingerprint density at radius 3 is 2.62 bits per heavy atom. The number of benzene rings is 2. The Kier molecular flexibility index (Phi) is 5.11. The van der Waals surface area contributed by atoms with Gasteiger partial charge >= 0.3 is 0 Å². The number of thioether (sulfide) groups is 1. The van der Waals surface area contributed by atoms with Crippen LogP contribution >= 0.6 is 27.7 Å². The van der Waals surface area contributed by atoms with Crippen molar-refractivity contribution in [3.05, 3.63) is 64.4 Å². The first-order valence-corrected chi connectivity index (χ1v) is 8.85. The summed E-state index contributed by atoms with van der Waals surface area (Å²) in [5, 5.41) is 6.84. The van der Waals surface area contributed by atoms with Gasteiger partial charge in [-0.1, -0.05) is 52.0 Å². The van der Waals surface area contributed by atoms with Gasteiger partial charge in [0.25, 0.3) is 0 Å². The summed E-state index contributed by atoms with van der Waals surface area (Å²) < 4.78 is 14.7. The molecule has 0 unspecified atom stereocenters. The van der Waals surface area contributed by atoms with Crippen LogP contribution in [0.3, 0.4) is 0 Å². The Morgan fingerprint density at radius 1 is 1.21 bits per heavy atom. The van der Waals surface area contributed by atoms with E-state index < -0.39 is 0 Å². The molecule has 0 spiro atoms. The van der Waals surface area contributed by atoms with E-state index in [0.29, 0.717) is 22.1 Å². The lowest BCUT2D eigenvalue weighted by molar-refractivity contribution is 0.0994. The molecule has 0 radical (unpaired) electrons. The van der Waals surface area contributed by atoms with Crippen LogP contribution in [0, 0.1) is 5.82 Å². The maximum absolute atomic E-state index is 13.8. The first-order valence-electron chi connectivity index (χ1n) is 7.18. The number of Topliss-reactive ketones (excluding diaryl/α,β-unsaturated/α-hetero) is 1. The lowest BCUT2D eigenvalue weighted by Crippen LogP contribution is -2.13. The summed E-state index contributed by atoms with van der Waals surface area (Å²) in [4.78, 5) is 16.7. The normalized spacial score (nSPS) is 12.1. The lowest BCUT2D eigenvalue weighted by Gasteiger charge is -2.07. The highest BCUT2D eigenvalue weighted by Gasteiger charge is 2.19. The van der Waals surface area contributed by atoms with Crippen molar-refractivity contribution < 1.29 is 9.18 Å². The fourth-order valence-corrected chi connectivity index (χ4v) is 3.20. The van der Waals surface area contributed by atoms with E-state index in [9.17, 15) is 9.18 Å². The molecule has 1 heterocycles. The molecule has 1 N–H and O–H groups in total. The first-order chi connectivity index (χ1) is 11.5. The Balaban J connectivity index is 1.73. The summed E-state index contributed by atoms with van der Waals surface area (Å²) in [6.07, 6.45) is 0. The molecule has 0 amide bonds. The van der Waals surface area contributed by atoms with Gasteiger partial charge in [-0.25, -0.2) is 9.37 Å². The summed E-state index contributed by atoms with van der Waals surface area (Å²) >= 11 is 4.58. The molecule has 24 heavy (non-hydrogen) atoms. The molecule has 0 aliphatic rings. The molecular formula is C17H13BrFN3OS. The van der Waals surface area contributed by atoms with Gasteiger partial charge in [0, 0.05) is 10.0 Å². The van der Waals surface area contributed by atoms with Crippen LogP contribution in [0.25, 0.3) is 11.4 Å². The zero-order valence-corrected chi connectivity index (χ0v) is 15.1. The number of halogens is 2. The molecule has 1 atom stereocenters. The van der Waals surface area contributed by atoms with E-state index in [1.165, 1.54) is 17.8 Å². The molecule has 3 aromatic rings. The number of ketones is 1. The van der Waals surface area contributed by atoms with Crippen molar-refractivity contribution in [1.29, 1.82) is 0 Å². The smallest absolute Gasteiger partial charge is 0.209 e. The average Bonchev–Trinajstić information content (AvgIpc) is 3.03. The number of hydrogen-bond donors (Lipinski definition) is 1. The number of carbonyl (C=O) groups excluding carboxylic acids is 1. The number of carbonyl (C=O) groups is 1. The number of nitrogens with zero attached hydrogens (tertiary/aromatic N) is 2. The Labute approximate surface area is 151 Å².